The van der Waals surface area contributed by atoms with Crippen LogP contribution in [0.4, 0.5) is 5.69 Å². The third-order valence-electron chi connectivity index (χ3n) is 3.01. The van der Waals surface area contributed by atoms with Crippen LogP contribution in [0.5, 0.6) is 5.75 Å². The number of anilines is 1. The van der Waals surface area contributed by atoms with Crippen LogP contribution in [0.3, 0.4) is 0 Å². The molecule has 2 heterocycles. The predicted octanol–water partition coefficient (Wildman–Crippen LogP) is 2.10. The summed E-state index contributed by atoms with van der Waals surface area (Å²) in [5.41, 5.74) is 8.03. The van der Waals surface area contributed by atoms with E-state index in [-0.39, 0.29) is 5.56 Å². The van der Waals surface area contributed by atoms with Crippen molar-refractivity contribution in [2.24, 2.45) is 0 Å². The Balaban J connectivity index is 2.02. The monoisotopic (exact) mass is 287 g/mol. The summed E-state index contributed by atoms with van der Waals surface area (Å²) in [6.45, 7) is 0.418. The Morgan fingerprint density at radius 3 is 3.05 bits per heavy atom. The lowest BCUT2D eigenvalue weighted by Crippen LogP contribution is -2.20. The van der Waals surface area contributed by atoms with Crippen LogP contribution >= 0.6 is 11.3 Å². The molecule has 5 nitrogen and oxygen atoms in total. The molecule has 0 bridgehead atoms. The van der Waals surface area contributed by atoms with Crippen LogP contribution < -0.4 is 16.0 Å². The number of nitrogens with zero attached hydrogens (tertiary/aromatic N) is 2. The van der Waals surface area contributed by atoms with Gasteiger partial charge in [-0.05, 0) is 29.1 Å². The number of methoxy groups -OCH3 is 1. The predicted molar refractivity (Wildman–Crippen MR) is 80.4 cm³/mol. The van der Waals surface area contributed by atoms with Crippen molar-refractivity contribution in [3.63, 3.8) is 0 Å². The fraction of sp³-hybridized carbons (Fsp3) is 0.143. The highest BCUT2D eigenvalue weighted by atomic mass is 32.1. The van der Waals surface area contributed by atoms with E-state index in [9.17, 15) is 4.79 Å². The van der Waals surface area contributed by atoms with Gasteiger partial charge < -0.3 is 10.5 Å². The van der Waals surface area contributed by atoms with Crippen LogP contribution in [0.25, 0.3) is 10.2 Å². The summed E-state index contributed by atoms with van der Waals surface area (Å²) in [4.78, 5) is 16.6. The minimum Gasteiger partial charge on any atom is -0.497 e. The molecule has 102 valence electrons. The Labute approximate surface area is 119 Å². The van der Waals surface area contributed by atoms with Crippen molar-refractivity contribution >= 4 is 27.2 Å². The van der Waals surface area contributed by atoms with Crippen LogP contribution in [0.15, 0.2) is 40.8 Å². The van der Waals surface area contributed by atoms with Gasteiger partial charge in [0, 0.05) is 11.8 Å². The van der Waals surface area contributed by atoms with E-state index in [1.165, 1.54) is 11.3 Å². The van der Waals surface area contributed by atoms with Crippen molar-refractivity contribution in [1.82, 2.24) is 9.55 Å². The molecule has 0 radical (unpaired) electrons. The Hall–Kier alpha value is -2.34. The molecule has 20 heavy (non-hydrogen) atoms. The smallest absolute Gasteiger partial charge is 0.271 e. The van der Waals surface area contributed by atoms with E-state index < -0.39 is 0 Å². The molecule has 6 heteroatoms. The highest BCUT2D eigenvalue weighted by Gasteiger charge is 2.07. The number of hydrogen-bond donors (Lipinski definition) is 1. The topological polar surface area (TPSA) is 70.1 Å². The molecule has 1 aromatic carbocycles. The summed E-state index contributed by atoms with van der Waals surface area (Å²) < 4.78 is 7.43. The Morgan fingerprint density at radius 2 is 2.25 bits per heavy atom. The molecule has 0 amide bonds. The zero-order chi connectivity index (χ0) is 14.1. The van der Waals surface area contributed by atoms with Crippen molar-refractivity contribution in [2.45, 2.75) is 6.54 Å². The van der Waals surface area contributed by atoms with Gasteiger partial charge in [0.05, 0.1) is 25.5 Å². The molecule has 2 N–H and O–H groups in total. The molecule has 0 unspecified atom stereocenters. The van der Waals surface area contributed by atoms with Crippen molar-refractivity contribution in [3.8, 4) is 5.75 Å². The normalized spacial score (nSPS) is 10.8. The molecule has 0 saturated carbocycles. The van der Waals surface area contributed by atoms with Gasteiger partial charge in [0.1, 0.15) is 10.4 Å². The molecule has 0 atom stereocenters. The minimum absolute atomic E-state index is 0.0357. The summed E-state index contributed by atoms with van der Waals surface area (Å²) in [6, 6.07) is 7.28. The van der Waals surface area contributed by atoms with Crippen LogP contribution in [-0.4, -0.2) is 16.7 Å². The zero-order valence-corrected chi connectivity index (χ0v) is 11.7. The second kappa shape index (κ2) is 4.97. The SMILES string of the molecule is COc1cc(N)cc(Cn2cnc3ccsc3c2=O)c1. The molecule has 0 aliphatic rings. The molecule has 3 rings (SSSR count). The highest BCUT2D eigenvalue weighted by Crippen LogP contribution is 2.19. The van der Waals surface area contributed by atoms with Crippen LogP contribution in [-0.2, 0) is 6.54 Å². The molecular formula is C14H13N3O2S. The number of nitrogens with two attached hydrogens (primary N) is 1. The maximum absolute atomic E-state index is 12.3. The van der Waals surface area contributed by atoms with Crippen molar-refractivity contribution in [1.29, 1.82) is 0 Å². The van der Waals surface area contributed by atoms with E-state index in [4.69, 9.17) is 10.5 Å². The number of rotatable bonds is 3. The van der Waals surface area contributed by atoms with Crippen LogP contribution in [0, 0.1) is 0 Å². The van der Waals surface area contributed by atoms with Crippen molar-refractivity contribution in [3.05, 3.63) is 51.9 Å². The summed E-state index contributed by atoms with van der Waals surface area (Å²) in [5, 5.41) is 1.87. The number of ether oxygens (including phenoxy) is 1. The first kappa shape index (κ1) is 12.7. The van der Waals surface area contributed by atoms with Gasteiger partial charge in [-0.15, -0.1) is 11.3 Å². The van der Waals surface area contributed by atoms with E-state index in [1.807, 2.05) is 23.6 Å². The summed E-state index contributed by atoms with van der Waals surface area (Å²) in [6.07, 6.45) is 1.56. The third-order valence-corrected chi connectivity index (χ3v) is 3.90. The van der Waals surface area contributed by atoms with Gasteiger partial charge in [-0.1, -0.05) is 0 Å². The van der Waals surface area contributed by atoms with E-state index in [2.05, 4.69) is 4.98 Å². The first-order valence-corrected chi connectivity index (χ1v) is 6.91. The van der Waals surface area contributed by atoms with Gasteiger partial charge in [0.15, 0.2) is 0 Å². The highest BCUT2D eigenvalue weighted by molar-refractivity contribution is 7.17. The van der Waals surface area contributed by atoms with E-state index in [0.29, 0.717) is 22.7 Å². The molecule has 0 aliphatic carbocycles. The summed E-state index contributed by atoms with van der Waals surface area (Å²) in [5.74, 6) is 0.679. The first-order chi connectivity index (χ1) is 9.67. The van der Waals surface area contributed by atoms with Gasteiger partial charge in [0.2, 0.25) is 0 Å². The van der Waals surface area contributed by atoms with Crippen LogP contribution in [0.1, 0.15) is 5.56 Å². The first-order valence-electron chi connectivity index (χ1n) is 6.03. The Kier molecular flexibility index (Phi) is 3.15. The molecule has 2 aromatic heterocycles. The standard InChI is InChI=1S/C14H13N3O2S/c1-19-11-5-9(4-10(15)6-11)7-17-8-16-12-2-3-20-13(12)14(17)18/h2-6,8H,7,15H2,1H3. The van der Waals surface area contributed by atoms with E-state index in [0.717, 1.165) is 11.1 Å². The van der Waals surface area contributed by atoms with Crippen molar-refractivity contribution in [2.75, 3.05) is 12.8 Å². The maximum Gasteiger partial charge on any atom is 0.271 e. The molecular weight excluding hydrogens is 274 g/mol. The number of thiophene rings is 1. The fourth-order valence-electron chi connectivity index (χ4n) is 2.08. The lowest BCUT2D eigenvalue weighted by molar-refractivity contribution is 0.414. The van der Waals surface area contributed by atoms with Gasteiger partial charge in [-0.2, -0.15) is 0 Å². The Morgan fingerprint density at radius 1 is 1.40 bits per heavy atom. The number of hydrogen-bond acceptors (Lipinski definition) is 5. The summed E-state index contributed by atoms with van der Waals surface area (Å²) >= 11 is 1.40. The maximum atomic E-state index is 12.3. The van der Waals surface area contributed by atoms with Crippen LogP contribution in [0.2, 0.25) is 0 Å². The van der Waals surface area contributed by atoms with Crippen molar-refractivity contribution < 1.29 is 4.74 Å². The molecule has 3 aromatic rings. The van der Waals surface area contributed by atoms with Gasteiger partial charge in [-0.25, -0.2) is 4.98 Å². The largest absolute Gasteiger partial charge is 0.497 e. The van der Waals surface area contributed by atoms with Gasteiger partial charge in [0.25, 0.3) is 5.56 Å². The molecule has 0 aliphatic heterocycles. The number of fused-ring (bicyclic) bond motifs is 1. The van der Waals surface area contributed by atoms with Gasteiger partial charge >= 0.3 is 0 Å². The summed E-state index contributed by atoms with van der Waals surface area (Å²) in [7, 11) is 1.59. The lowest BCUT2D eigenvalue weighted by atomic mass is 10.2. The molecule has 0 spiro atoms. The molecule has 0 saturated heterocycles. The minimum atomic E-state index is -0.0357. The Bertz CT molecular complexity index is 823. The van der Waals surface area contributed by atoms with E-state index >= 15 is 0 Å². The quantitative estimate of drug-likeness (QED) is 0.749. The number of benzene rings is 1. The third kappa shape index (κ3) is 2.25. The molecule has 0 fully saturated rings. The van der Waals surface area contributed by atoms with E-state index in [1.54, 1.807) is 24.1 Å². The number of nitrogen functional groups attached to an aromatic ring is 1. The lowest BCUT2D eigenvalue weighted by Gasteiger charge is -2.08. The second-order valence-electron chi connectivity index (χ2n) is 4.43. The average molecular weight is 287 g/mol. The number of aromatic nitrogens is 2. The van der Waals surface area contributed by atoms with Gasteiger partial charge in [-0.3, -0.25) is 9.36 Å². The fourth-order valence-corrected chi connectivity index (χ4v) is 2.88. The second-order valence-corrected chi connectivity index (χ2v) is 5.34. The average Bonchev–Trinajstić information content (AvgIpc) is 2.90. The zero-order valence-electron chi connectivity index (χ0n) is 10.9.